The van der Waals surface area contributed by atoms with E-state index in [1.54, 1.807) is 45.1 Å². The number of anilines is 2. The largest absolute Gasteiger partial charge is 0.478 e. The number of ketones is 2. The van der Waals surface area contributed by atoms with Crippen LogP contribution in [0.15, 0.2) is 101 Å². The van der Waals surface area contributed by atoms with Gasteiger partial charge in [0.2, 0.25) is 11.8 Å². The van der Waals surface area contributed by atoms with Crippen LogP contribution in [-0.4, -0.2) is 108 Å². The van der Waals surface area contributed by atoms with Crippen LogP contribution in [0, 0.1) is 73.9 Å². The van der Waals surface area contributed by atoms with Gasteiger partial charge in [0.1, 0.15) is 11.6 Å². The van der Waals surface area contributed by atoms with Crippen LogP contribution in [0.4, 0.5) is 16.0 Å². The lowest BCUT2D eigenvalue weighted by Crippen LogP contribution is -2.70. The maximum absolute atomic E-state index is 17.2. The zero-order valence-electron chi connectivity index (χ0n) is 59.6. The molecule has 1 saturated heterocycles. The van der Waals surface area contributed by atoms with Gasteiger partial charge in [0, 0.05) is 77.2 Å². The normalized spacial score (nSPS) is 35.9. The number of allylic oxidation sites excluding steroid dienone is 13. The lowest BCUT2D eigenvalue weighted by atomic mass is 9.44. The smallest absolute Gasteiger partial charge is 0.328 e. The number of nitrogen functional groups attached to an aromatic ring is 1. The molecule has 96 heavy (non-hydrogen) atoms. The quantitative estimate of drug-likeness (QED) is 0.0358. The number of hydrogen-bond acceptors (Lipinski definition) is 13. The van der Waals surface area contributed by atoms with E-state index in [1.165, 1.54) is 74.3 Å². The third-order valence-electron chi connectivity index (χ3n) is 24.5. The molecule has 10 aliphatic rings. The van der Waals surface area contributed by atoms with Gasteiger partial charge in [-0.3, -0.25) is 29.4 Å². The Balaban J connectivity index is 0.000000169. The van der Waals surface area contributed by atoms with E-state index in [9.17, 15) is 39.1 Å². The minimum absolute atomic E-state index is 0.0285. The minimum Gasteiger partial charge on any atom is -0.478 e. The van der Waals surface area contributed by atoms with E-state index in [0.717, 1.165) is 56.3 Å². The second-order valence-corrected chi connectivity index (χ2v) is 32.4. The summed E-state index contributed by atoms with van der Waals surface area (Å²) in [6, 6.07) is 1.88. The minimum atomic E-state index is -1.99. The molecule has 0 aromatic carbocycles. The van der Waals surface area contributed by atoms with Gasteiger partial charge in [-0.05, 0) is 215 Å². The molecule has 0 spiro atoms. The number of amides is 2. The van der Waals surface area contributed by atoms with Crippen molar-refractivity contribution in [1.82, 2.24) is 20.3 Å². The van der Waals surface area contributed by atoms with Crippen LogP contribution < -0.4 is 26.9 Å². The predicted molar refractivity (Wildman–Crippen MR) is 374 cm³/mol. The number of carboxylic acids is 1. The highest BCUT2D eigenvalue weighted by molar-refractivity contribution is 6.29. The summed E-state index contributed by atoms with van der Waals surface area (Å²) in [7, 11) is 0. The van der Waals surface area contributed by atoms with Gasteiger partial charge < -0.3 is 41.4 Å². The molecule has 11 rings (SSSR count). The zero-order chi connectivity index (χ0) is 70.9. The second kappa shape index (κ2) is 29.2. The molecule has 0 unspecified atom stereocenters. The van der Waals surface area contributed by atoms with Gasteiger partial charge >= 0.3 is 11.9 Å². The highest BCUT2D eigenvalue weighted by atomic mass is 35.5. The third-order valence-corrected chi connectivity index (χ3v) is 24.8. The summed E-state index contributed by atoms with van der Waals surface area (Å²) in [5, 5.41) is 43.2. The number of alkyl halides is 2. The first-order chi connectivity index (χ1) is 44.9. The zero-order valence-corrected chi connectivity index (χ0v) is 60.4. The summed E-state index contributed by atoms with van der Waals surface area (Å²) in [6.07, 6.45) is 33.9. The maximum atomic E-state index is 17.2. The number of aliphatic hydroxyl groups is 1. The molecule has 1 aromatic heterocycles. The van der Waals surface area contributed by atoms with E-state index in [4.69, 9.17) is 32.6 Å². The number of ether oxygens (including phenoxy) is 1. The van der Waals surface area contributed by atoms with E-state index in [1.807, 2.05) is 26.0 Å². The molecular formula is C77H111ClFN7O10. The maximum Gasteiger partial charge on any atom is 0.328 e. The van der Waals surface area contributed by atoms with Crippen molar-refractivity contribution < 1.29 is 53.3 Å². The lowest BCUT2D eigenvalue weighted by Gasteiger charge is -2.62. The summed E-state index contributed by atoms with van der Waals surface area (Å²) in [6.45, 7) is 30.7. The van der Waals surface area contributed by atoms with Gasteiger partial charge in [-0.15, -0.1) is 16.3 Å². The first-order valence-electron chi connectivity index (χ1n) is 35.3. The highest BCUT2D eigenvalue weighted by Crippen LogP contribution is 2.72. The monoisotopic (exact) mass is 1350 g/mol. The number of carboxylic acid groups (broad SMARTS) is 1. The topological polar surface area (TPSA) is 267 Å². The Hall–Kier alpha value is -6.40. The lowest BCUT2D eigenvalue weighted by molar-refractivity contribution is -0.227. The Bertz CT molecular complexity index is 3480. The van der Waals surface area contributed by atoms with Gasteiger partial charge in [0.25, 0.3) is 5.62 Å². The van der Waals surface area contributed by atoms with Crippen molar-refractivity contribution in [3.63, 3.8) is 0 Å². The van der Waals surface area contributed by atoms with Crippen LogP contribution in [-0.2, 0) is 33.5 Å². The number of fused-ring (bicyclic) bond motifs is 10. The molecule has 8 N–H and O–H groups in total. The molecule has 15 atom stereocenters. The van der Waals surface area contributed by atoms with Gasteiger partial charge in [0.05, 0.1) is 12.0 Å². The number of aliphatic hydroxyl groups excluding tert-OH is 1. The standard InChI is InChI=1S/C25H32ClFO5.C23H36N2O2.C20H28O2.C9H15N5O/c1-5-21(31)32-25(20(30)13-26)14(2)10-18-17-7-6-15-11-16(28)8-9-22(15,3)24(17,27)19(29)12-23(18,25)4;1-21(2,3)25-20(27)17-8-7-15-14-6-9-18-23(5,13-11-19(26)24-18)16(14)10-12-22(15,17)4;1-15(8-6-9-16(2)14-19(21)22)11-12-18-17(3)10-7-13-20(18,4)5;10-7-6-8(12-9(11)14(7)15)13-4-2-1-3-5-13/h8-9,11,14,17-19,29H,5-7,10,12-13H2,1-4H3;11,13-18H,6-10,12H2,1-5H3,(H,24,26)(H,25,27);6,8-9,11-12,14H,7,10,13H2,1-5H3,(H,21,22);6,11,15H,1-5,10H2/b;;9-6+,12-11+,15-8+,16-14+;/t14-,17-,18-,19-,22-,23-,24-,25-;14-,15-,16-,17+,18+,22-,23+;;/m00../s1. The Morgan fingerprint density at radius 3 is 2.24 bits per heavy atom. The molecule has 6 saturated carbocycles. The van der Waals surface area contributed by atoms with Crippen molar-refractivity contribution in [3.8, 4) is 0 Å². The number of halogens is 2. The summed E-state index contributed by atoms with van der Waals surface area (Å²) >= 11 is 6.01. The van der Waals surface area contributed by atoms with Crippen molar-refractivity contribution in [3.05, 3.63) is 106 Å². The number of nitrogens with zero attached hydrogens (tertiary/aromatic N) is 3. The molecule has 17 nitrogen and oxygen atoms in total. The van der Waals surface area contributed by atoms with Gasteiger partial charge in [0.15, 0.2) is 22.8 Å². The number of aromatic nitrogens is 2. The van der Waals surface area contributed by atoms with E-state index < -0.39 is 46.1 Å². The number of esters is 1. The molecule has 7 fully saturated rings. The average molecular weight is 1350 g/mol. The molecule has 2 aliphatic heterocycles. The molecule has 2 amide bonds. The molecule has 3 heterocycles. The number of hydrogen-bond donors (Lipinski definition) is 7. The predicted octanol–water partition coefficient (Wildman–Crippen LogP) is 13.7. The average Bonchev–Trinajstić information content (AvgIpc) is 1.39. The second-order valence-electron chi connectivity index (χ2n) is 32.1. The molecule has 19 heteroatoms. The van der Waals surface area contributed by atoms with E-state index in [2.05, 4.69) is 101 Å². The number of rotatable bonds is 11. The Kier molecular flexibility index (Phi) is 22.9. The van der Waals surface area contributed by atoms with Crippen molar-refractivity contribution in [2.75, 3.05) is 29.6 Å². The summed E-state index contributed by atoms with van der Waals surface area (Å²) < 4.78 is 23.7. The van der Waals surface area contributed by atoms with Crippen LogP contribution in [0.2, 0.25) is 0 Å². The van der Waals surface area contributed by atoms with E-state index in [0.29, 0.717) is 53.1 Å². The van der Waals surface area contributed by atoms with Crippen molar-refractivity contribution in [2.45, 2.75) is 235 Å². The number of nitrogens with one attached hydrogen (secondary N) is 3. The molecule has 0 radical (unpaired) electrons. The van der Waals surface area contributed by atoms with Crippen LogP contribution in [0.5, 0.6) is 0 Å². The van der Waals surface area contributed by atoms with Gasteiger partial charge in [-0.1, -0.05) is 108 Å². The SMILES string of the molecule is CC(C)(C)NC(=O)[C@H]1CC[C@H]2[C@@H]3CC[C@H]4NC(=O)C=C[C@]4(C)[C@H]3CC[C@]12C.CC1=C(/C=C/C(C)=C/C=C/C(C)=C/C(=O)O)C(C)(C)CCC1.CCC(=O)O[C@]1(C(=O)CCl)[C@@H](C)C[C@H]2[C@@H]3CCC4=CC(=O)C=C[C@]4(C)[C@@]3(F)[C@@H](O)C[C@@]21C.N=c1nc(N2CCCCC2)cc(N)n1O. The first kappa shape index (κ1) is 75.4. The Morgan fingerprint density at radius 1 is 0.906 bits per heavy atom. The first-order valence-corrected chi connectivity index (χ1v) is 35.9. The van der Waals surface area contributed by atoms with Crippen LogP contribution in [0.25, 0.3) is 0 Å². The number of carbonyl (C=O) groups is 6. The summed E-state index contributed by atoms with van der Waals surface area (Å²) in [5.74, 6) is -0.240. The Morgan fingerprint density at radius 2 is 1.60 bits per heavy atom. The van der Waals surface area contributed by atoms with Crippen molar-refractivity contribution in [1.29, 1.82) is 5.41 Å². The fourth-order valence-corrected chi connectivity index (χ4v) is 19.8. The van der Waals surface area contributed by atoms with Crippen LogP contribution in [0.3, 0.4) is 0 Å². The van der Waals surface area contributed by atoms with E-state index in [-0.39, 0.29) is 99.1 Å². The van der Waals surface area contributed by atoms with Gasteiger partial charge in [-0.25, -0.2) is 9.18 Å². The summed E-state index contributed by atoms with van der Waals surface area (Å²) in [5.41, 5.74) is 5.62. The highest BCUT2D eigenvalue weighted by Gasteiger charge is 2.77. The van der Waals surface area contributed by atoms with Crippen molar-refractivity contribution in [2.24, 2.45) is 68.5 Å². The molecule has 1 aromatic rings. The number of carbonyl (C=O) groups excluding carboxylic acids is 5. The number of Topliss-reactive ketones (excluding diaryl/α,β-unsaturated/α-hetero) is 1. The molecule has 528 valence electrons. The number of nitrogens with two attached hydrogens (primary N) is 1. The van der Waals surface area contributed by atoms with Crippen molar-refractivity contribution >= 4 is 58.6 Å². The summed E-state index contributed by atoms with van der Waals surface area (Å²) in [4.78, 5) is 79.2. The van der Waals surface area contributed by atoms with Gasteiger partial charge in [-0.2, -0.15) is 4.98 Å². The number of piperidine rings is 1. The molecule has 0 bridgehead atoms. The number of aliphatic carboxylic acids is 1. The van der Waals surface area contributed by atoms with E-state index >= 15 is 4.39 Å². The Labute approximate surface area is 574 Å². The van der Waals surface area contributed by atoms with Crippen LogP contribution in [0.1, 0.15) is 206 Å². The molecule has 8 aliphatic carbocycles. The fourth-order valence-electron chi connectivity index (χ4n) is 19.6. The third kappa shape index (κ3) is 14.7. The molecular weight excluding hydrogens is 1240 g/mol. The van der Waals surface area contributed by atoms with Crippen LogP contribution >= 0.6 is 11.6 Å². The fraction of sp³-hybridized carbons (Fsp3) is 0.662.